The zero-order chi connectivity index (χ0) is 14.4. The maximum absolute atomic E-state index is 12.4. The molecular formula is C16H25ClN2O2. The van der Waals surface area contributed by atoms with Crippen LogP contribution in [0.2, 0.25) is 0 Å². The summed E-state index contributed by atoms with van der Waals surface area (Å²) in [6.45, 7) is 3.95. The summed E-state index contributed by atoms with van der Waals surface area (Å²) in [6, 6.07) is 10.4. The van der Waals surface area contributed by atoms with Crippen molar-refractivity contribution in [2.45, 2.75) is 38.5 Å². The summed E-state index contributed by atoms with van der Waals surface area (Å²) in [5.74, 6) is 0.0980. The molecule has 21 heavy (non-hydrogen) atoms. The Morgan fingerprint density at radius 1 is 1.43 bits per heavy atom. The van der Waals surface area contributed by atoms with Gasteiger partial charge in [0.1, 0.15) is 6.10 Å². The van der Waals surface area contributed by atoms with Gasteiger partial charge in [0.15, 0.2) is 0 Å². The summed E-state index contributed by atoms with van der Waals surface area (Å²) in [4.78, 5) is 14.3. The monoisotopic (exact) mass is 312 g/mol. The van der Waals surface area contributed by atoms with Crippen molar-refractivity contribution < 1.29 is 9.53 Å². The first-order valence-corrected chi connectivity index (χ1v) is 7.32. The maximum atomic E-state index is 12.4. The number of nitrogens with one attached hydrogen (secondary N) is 1. The largest absolute Gasteiger partial charge is 0.364 e. The topological polar surface area (TPSA) is 41.6 Å². The van der Waals surface area contributed by atoms with Gasteiger partial charge in [0.2, 0.25) is 0 Å². The van der Waals surface area contributed by atoms with E-state index in [1.54, 1.807) is 0 Å². The third kappa shape index (κ3) is 5.30. The molecule has 4 nitrogen and oxygen atoms in total. The average Bonchev–Trinajstić information content (AvgIpc) is 2.53. The number of likely N-dealkylation sites (N-methyl/N-ethyl adjacent to an activating group) is 1. The smallest absolute Gasteiger partial charge is 0.251 e. The van der Waals surface area contributed by atoms with Crippen molar-refractivity contribution in [3.8, 4) is 0 Å². The Bertz CT molecular complexity index is 428. The molecule has 2 unspecified atom stereocenters. The van der Waals surface area contributed by atoms with Crippen LogP contribution in [0.15, 0.2) is 30.3 Å². The predicted molar refractivity (Wildman–Crippen MR) is 86.6 cm³/mol. The van der Waals surface area contributed by atoms with Crippen molar-refractivity contribution >= 4 is 18.3 Å². The van der Waals surface area contributed by atoms with Crippen molar-refractivity contribution in [1.29, 1.82) is 0 Å². The molecule has 0 aliphatic carbocycles. The lowest BCUT2D eigenvalue weighted by atomic mass is 10.1. The average molecular weight is 313 g/mol. The number of amides is 1. The molecule has 0 saturated carbocycles. The minimum absolute atomic E-state index is 0. The zero-order valence-corrected chi connectivity index (χ0v) is 13.6. The molecule has 1 fully saturated rings. The third-order valence-electron chi connectivity index (χ3n) is 3.83. The van der Waals surface area contributed by atoms with Crippen molar-refractivity contribution in [2.75, 3.05) is 20.1 Å². The second-order valence-electron chi connectivity index (χ2n) is 5.35. The van der Waals surface area contributed by atoms with E-state index in [0.29, 0.717) is 12.6 Å². The number of carbonyl (C=O) groups excluding carboxylic acids is 1. The second-order valence-corrected chi connectivity index (χ2v) is 5.35. The summed E-state index contributed by atoms with van der Waals surface area (Å²) in [6.07, 6.45) is 1.81. The van der Waals surface area contributed by atoms with Crippen molar-refractivity contribution in [3.05, 3.63) is 35.9 Å². The Morgan fingerprint density at radius 2 is 2.14 bits per heavy atom. The Morgan fingerprint density at radius 3 is 2.81 bits per heavy atom. The molecular weight excluding hydrogens is 288 g/mol. The number of hydrogen-bond acceptors (Lipinski definition) is 3. The summed E-state index contributed by atoms with van der Waals surface area (Å²) < 4.78 is 5.70. The van der Waals surface area contributed by atoms with Gasteiger partial charge in [0.05, 0.1) is 6.61 Å². The molecule has 0 radical (unpaired) electrons. The Balaban J connectivity index is 0.00000220. The molecule has 1 amide bonds. The van der Waals surface area contributed by atoms with E-state index in [2.05, 4.69) is 5.32 Å². The number of benzene rings is 1. The van der Waals surface area contributed by atoms with Crippen molar-refractivity contribution in [3.63, 3.8) is 0 Å². The lowest BCUT2D eigenvalue weighted by Gasteiger charge is -2.34. The SMILES string of the molecule is CNC1CCCN(C(=O)C(C)OCc2ccccc2)C1.Cl. The second kappa shape index (κ2) is 9.03. The highest BCUT2D eigenvalue weighted by Crippen LogP contribution is 2.13. The summed E-state index contributed by atoms with van der Waals surface area (Å²) in [7, 11) is 1.95. The van der Waals surface area contributed by atoms with Crippen molar-refractivity contribution in [2.24, 2.45) is 0 Å². The number of halogens is 1. The molecule has 2 atom stereocenters. The van der Waals surface area contributed by atoms with Gasteiger partial charge in [-0.25, -0.2) is 0 Å². The summed E-state index contributed by atoms with van der Waals surface area (Å²) >= 11 is 0. The molecule has 0 spiro atoms. The first kappa shape index (κ1) is 18.0. The van der Waals surface area contributed by atoms with E-state index < -0.39 is 0 Å². The van der Waals surface area contributed by atoms with E-state index in [4.69, 9.17) is 4.74 Å². The fourth-order valence-electron chi connectivity index (χ4n) is 2.54. The zero-order valence-electron chi connectivity index (χ0n) is 12.7. The third-order valence-corrected chi connectivity index (χ3v) is 3.83. The Kier molecular flexibility index (Phi) is 7.72. The van der Waals surface area contributed by atoms with Crippen LogP contribution in [0, 0.1) is 0 Å². The van der Waals surface area contributed by atoms with E-state index in [9.17, 15) is 4.79 Å². The molecule has 2 rings (SSSR count). The van der Waals surface area contributed by atoms with Crippen LogP contribution in [0.1, 0.15) is 25.3 Å². The predicted octanol–water partition coefficient (Wildman–Crippen LogP) is 2.22. The fraction of sp³-hybridized carbons (Fsp3) is 0.562. The van der Waals surface area contributed by atoms with Crippen LogP contribution in [-0.2, 0) is 16.1 Å². The highest BCUT2D eigenvalue weighted by Gasteiger charge is 2.26. The molecule has 0 aromatic heterocycles. The Hall–Kier alpha value is -1.10. The first-order chi connectivity index (χ1) is 9.70. The molecule has 1 aromatic carbocycles. The van der Waals surface area contributed by atoms with Gasteiger partial charge in [-0.05, 0) is 32.4 Å². The van der Waals surface area contributed by atoms with Crippen LogP contribution < -0.4 is 5.32 Å². The van der Waals surface area contributed by atoms with E-state index >= 15 is 0 Å². The Labute approximate surface area is 133 Å². The van der Waals surface area contributed by atoms with Gasteiger partial charge >= 0.3 is 0 Å². The fourth-order valence-corrected chi connectivity index (χ4v) is 2.54. The number of rotatable bonds is 5. The number of piperidine rings is 1. The van der Waals surface area contributed by atoms with E-state index in [0.717, 1.165) is 31.5 Å². The molecule has 1 aliphatic heterocycles. The van der Waals surface area contributed by atoms with Gasteiger partial charge in [0, 0.05) is 19.1 Å². The number of ether oxygens (including phenoxy) is 1. The first-order valence-electron chi connectivity index (χ1n) is 7.32. The van der Waals surface area contributed by atoms with Gasteiger partial charge in [-0.15, -0.1) is 12.4 Å². The quantitative estimate of drug-likeness (QED) is 0.906. The molecule has 1 heterocycles. The molecule has 0 bridgehead atoms. The standard InChI is InChI=1S/C16H24N2O2.ClH/c1-13(20-12-14-7-4-3-5-8-14)16(19)18-10-6-9-15(11-18)17-2;/h3-5,7-8,13,15,17H,6,9-12H2,1-2H3;1H. The van der Waals surface area contributed by atoms with Gasteiger partial charge < -0.3 is 15.0 Å². The van der Waals surface area contributed by atoms with Crippen LogP contribution in [0.3, 0.4) is 0 Å². The minimum Gasteiger partial charge on any atom is -0.364 e. The number of likely N-dealkylation sites (tertiary alicyclic amines) is 1. The van der Waals surface area contributed by atoms with E-state index in [1.807, 2.05) is 49.2 Å². The molecule has 1 N–H and O–H groups in total. The van der Waals surface area contributed by atoms with Crippen LogP contribution in [0.5, 0.6) is 0 Å². The summed E-state index contributed by atoms with van der Waals surface area (Å²) in [5, 5.41) is 3.25. The van der Waals surface area contributed by atoms with Crippen LogP contribution in [0.4, 0.5) is 0 Å². The van der Waals surface area contributed by atoms with Crippen LogP contribution in [-0.4, -0.2) is 43.1 Å². The summed E-state index contributed by atoms with van der Waals surface area (Å²) in [5.41, 5.74) is 1.10. The molecule has 1 saturated heterocycles. The van der Waals surface area contributed by atoms with E-state index in [1.165, 1.54) is 0 Å². The molecule has 1 aliphatic rings. The van der Waals surface area contributed by atoms with Gasteiger partial charge in [-0.2, -0.15) is 0 Å². The lowest BCUT2D eigenvalue weighted by Crippen LogP contribution is -2.49. The number of nitrogens with zero attached hydrogens (tertiary/aromatic N) is 1. The maximum Gasteiger partial charge on any atom is 0.251 e. The normalized spacial score (nSPS) is 19.7. The molecule has 1 aromatic rings. The highest BCUT2D eigenvalue weighted by molar-refractivity contribution is 5.85. The minimum atomic E-state index is -0.384. The van der Waals surface area contributed by atoms with E-state index in [-0.39, 0.29) is 24.4 Å². The van der Waals surface area contributed by atoms with Crippen LogP contribution in [0.25, 0.3) is 0 Å². The molecule has 5 heteroatoms. The highest BCUT2D eigenvalue weighted by atomic mass is 35.5. The lowest BCUT2D eigenvalue weighted by molar-refractivity contribution is -0.144. The van der Waals surface area contributed by atoms with Crippen molar-refractivity contribution in [1.82, 2.24) is 10.2 Å². The number of carbonyl (C=O) groups is 1. The molecule has 118 valence electrons. The van der Waals surface area contributed by atoms with Gasteiger partial charge in [-0.3, -0.25) is 4.79 Å². The van der Waals surface area contributed by atoms with Gasteiger partial charge in [0.25, 0.3) is 5.91 Å². The van der Waals surface area contributed by atoms with Gasteiger partial charge in [-0.1, -0.05) is 30.3 Å². The van der Waals surface area contributed by atoms with Crippen LogP contribution >= 0.6 is 12.4 Å². The number of hydrogen-bond donors (Lipinski definition) is 1.